The van der Waals surface area contributed by atoms with Crippen molar-refractivity contribution in [3.8, 4) is 0 Å². The van der Waals surface area contributed by atoms with E-state index in [9.17, 15) is 0 Å². The molecule has 0 aliphatic rings. The van der Waals surface area contributed by atoms with E-state index < -0.39 is 0 Å². The van der Waals surface area contributed by atoms with Gasteiger partial charge in [0.25, 0.3) is 0 Å². The van der Waals surface area contributed by atoms with Crippen molar-refractivity contribution in [2.24, 2.45) is 0 Å². The second-order valence-electron chi connectivity index (χ2n) is 0. The summed E-state index contributed by atoms with van der Waals surface area (Å²) in [5.41, 5.74) is 0. The number of hydrogen-bond acceptors (Lipinski definition) is 1. The molecule has 4 heavy (non-hydrogen) atoms. The van der Waals surface area contributed by atoms with Gasteiger partial charge in [-0.2, -0.15) is 0 Å². The van der Waals surface area contributed by atoms with Gasteiger partial charge >= 0.3 is 37.7 Å². The maximum atomic E-state index is 8.00. The summed E-state index contributed by atoms with van der Waals surface area (Å²) in [5, 5.41) is 0. The molecule has 0 aromatic carbocycles. The summed E-state index contributed by atoms with van der Waals surface area (Å²) in [6, 6.07) is 0. The van der Waals surface area contributed by atoms with E-state index in [4.69, 9.17) is 4.79 Å². The van der Waals surface area contributed by atoms with Crippen LogP contribution in [0.15, 0.2) is 0 Å². The summed E-state index contributed by atoms with van der Waals surface area (Å²) >= 11 is 0. The number of carbonyl (C=O) groups excluding carboxylic acids is 1. The van der Waals surface area contributed by atoms with Crippen molar-refractivity contribution in [3.63, 3.8) is 0 Å². The molecule has 0 spiro atoms. The molecule has 0 aliphatic carbocycles. The van der Waals surface area contributed by atoms with Gasteiger partial charge in [0.15, 0.2) is 0 Å². The van der Waals surface area contributed by atoms with Gasteiger partial charge in [0.1, 0.15) is 6.79 Å². The zero-order chi connectivity index (χ0) is 2.00. The van der Waals surface area contributed by atoms with Gasteiger partial charge in [0, 0.05) is 0 Å². The Bertz CT molecular complexity index is 6.00. The first-order chi connectivity index (χ1) is 1.00. The third kappa shape index (κ3) is 13.3. The molecule has 0 heterocycles. The Hall–Kier alpha value is 0.865. The quantitative estimate of drug-likeness (QED) is 0.304. The molecule has 0 aliphatic heterocycles. The van der Waals surface area contributed by atoms with E-state index in [0.717, 1.165) is 0 Å². The summed E-state index contributed by atoms with van der Waals surface area (Å²) in [6.45, 7) is 2.00. The zero-order valence-corrected chi connectivity index (χ0v) is 1.12. The van der Waals surface area contributed by atoms with Gasteiger partial charge in [-0.3, -0.25) is 0 Å². The Labute approximate surface area is 49.5 Å². The summed E-state index contributed by atoms with van der Waals surface area (Å²) in [5.74, 6) is 0. The summed E-state index contributed by atoms with van der Waals surface area (Å²) in [4.78, 5) is 8.00. The van der Waals surface area contributed by atoms with Crippen LogP contribution in [0.1, 0.15) is 0 Å². The molecule has 0 fully saturated rings. The molecule has 0 bridgehead atoms. The standard InChI is InChI=1S/CH2O.2Li.2H/c1-2;;;;/h1H2;;;;. The van der Waals surface area contributed by atoms with Crippen molar-refractivity contribution in [2.45, 2.75) is 0 Å². The Morgan fingerprint density at radius 1 is 1.00 bits per heavy atom. The van der Waals surface area contributed by atoms with Gasteiger partial charge in [-0.1, -0.05) is 0 Å². The summed E-state index contributed by atoms with van der Waals surface area (Å²) in [7, 11) is 0. The zero-order valence-electron chi connectivity index (χ0n) is 1.12. The van der Waals surface area contributed by atoms with Crippen LogP contribution in [0, 0.1) is 0 Å². The van der Waals surface area contributed by atoms with Crippen molar-refractivity contribution in [1.82, 2.24) is 0 Å². The molecule has 0 unspecified atom stereocenters. The van der Waals surface area contributed by atoms with Gasteiger partial charge in [0.2, 0.25) is 0 Å². The molecule has 0 N–H and O–H groups in total. The van der Waals surface area contributed by atoms with E-state index in [1.54, 1.807) is 0 Å². The average Bonchev–Trinajstić information content (AvgIpc) is 1.00. The molecular formula is CH4Li2O. The van der Waals surface area contributed by atoms with Crippen molar-refractivity contribution in [2.75, 3.05) is 0 Å². The van der Waals surface area contributed by atoms with Gasteiger partial charge in [-0.15, -0.1) is 0 Å². The third-order valence-electron chi connectivity index (χ3n) is 0. The van der Waals surface area contributed by atoms with Crippen LogP contribution in [-0.2, 0) is 4.79 Å². The third-order valence-corrected chi connectivity index (χ3v) is 0. The summed E-state index contributed by atoms with van der Waals surface area (Å²) < 4.78 is 0. The first kappa shape index (κ1) is 20.9. The van der Waals surface area contributed by atoms with Crippen LogP contribution in [0.4, 0.5) is 0 Å². The molecule has 0 radical (unpaired) electrons. The van der Waals surface area contributed by atoms with Crippen molar-refractivity contribution in [1.29, 1.82) is 0 Å². The second-order valence-corrected chi connectivity index (χ2v) is 0. The Morgan fingerprint density at radius 3 is 1.00 bits per heavy atom. The average molecular weight is 45.9 g/mol. The van der Waals surface area contributed by atoms with Gasteiger partial charge in [-0.05, 0) is 0 Å². The Balaban J connectivity index is -0.00000000500. The van der Waals surface area contributed by atoms with Gasteiger partial charge in [-0.25, -0.2) is 0 Å². The SMILES string of the molecule is C=O.[LiH].[LiH]. The van der Waals surface area contributed by atoms with E-state index in [-0.39, 0.29) is 37.7 Å². The molecule has 0 rings (SSSR count). The summed E-state index contributed by atoms with van der Waals surface area (Å²) in [6.07, 6.45) is 0. The van der Waals surface area contributed by atoms with Crippen molar-refractivity contribution in [3.05, 3.63) is 0 Å². The molecule has 0 aromatic heterocycles. The number of carbonyl (C=O) groups is 1. The fourth-order valence-corrected chi connectivity index (χ4v) is 0. The van der Waals surface area contributed by atoms with E-state index in [0.29, 0.717) is 0 Å². The Kier molecular flexibility index (Phi) is 222. The fourth-order valence-electron chi connectivity index (χ4n) is 0. The number of rotatable bonds is 0. The molecule has 1 nitrogen and oxygen atoms in total. The molecule has 0 atom stereocenters. The molecule has 0 amide bonds. The van der Waals surface area contributed by atoms with E-state index in [1.807, 2.05) is 6.79 Å². The topological polar surface area (TPSA) is 17.1 Å². The van der Waals surface area contributed by atoms with Crippen LogP contribution in [0.2, 0.25) is 0 Å². The maximum absolute atomic E-state index is 8.00. The van der Waals surface area contributed by atoms with Gasteiger partial charge < -0.3 is 4.79 Å². The molecule has 0 saturated carbocycles. The van der Waals surface area contributed by atoms with E-state index in [2.05, 4.69) is 0 Å². The normalized spacial score (nSPS) is 1.00. The molecule has 16 valence electrons. The van der Waals surface area contributed by atoms with E-state index >= 15 is 0 Å². The van der Waals surface area contributed by atoms with Crippen LogP contribution in [0.25, 0.3) is 0 Å². The minimum atomic E-state index is 0. The van der Waals surface area contributed by atoms with Crippen molar-refractivity contribution < 1.29 is 4.79 Å². The molecule has 3 heteroatoms. The molecule has 0 aromatic rings. The predicted molar refractivity (Wildman–Crippen MR) is 21.4 cm³/mol. The molecule has 0 saturated heterocycles. The Morgan fingerprint density at radius 2 is 1.00 bits per heavy atom. The minimum absolute atomic E-state index is 0. The fraction of sp³-hybridized carbons (Fsp3) is 0. The van der Waals surface area contributed by atoms with Crippen LogP contribution in [0.5, 0.6) is 0 Å². The monoisotopic (exact) mass is 46.1 g/mol. The van der Waals surface area contributed by atoms with Crippen LogP contribution in [-0.4, -0.2) is 44.5 Å². The van der Waals surface area contributed by atoms with Crippen LogP contribution < -0.4 is 0 Å². The predicted octanol–water partition coefficient (Wildman–Crippen LogP) is -1.48. The second kappa shape index (κ2) is 42.4. The molecular weight excluding hydrogens is 41.9 g/mol. The van der Waals surface area contributed by atoms with Gasteiger partial charge in [0.05, 0.1) is 0 Å². The number of hydrogen-bond donors (Lipinski definition) is 0. The van der Waals surface area contributed by atoms with Crippen molar-refractivity contribution >= 4 is 44.5 Å². The first-order valence-electron chi connectivity index (χ1n) is 0.289. The van der Waals surface area contributed by atoms with E-state index in [1.165, 1.54) is 0 Å². The van der Waals surface area contributed by atoms with Crippen LogP contribution >= 0.6 is 0 Å². The van der Waals surface area contributed by atoms with Crippen LogP contribution in [0.3, 0.4) is 0 Å². The first-order valence-corrected chi connectivity index (χ1v) is 0.289.